The summed E-state index contributed by atoms with van der Waals surface area (Å²) in [5.41, 5.74) is 7.86. The fourth-order valence-corrected chi connectivity index (χ4v) is 2.43. The average molecular weight is 314 g/mol. The smallest absolute Gasteiger partial charge is 0.296 e. The van der Waals surface area contributed by atoms with E-state index in [9.17, 15) is 14.4 Å². The van der Waals surface area contributed by atoms with Crippen LogP contribution < -0.4 is 11.1 Å². The van der Waals surface area contributed by atoms with Gasteiger partial charge in [-0.1, -0.05) is 6.07 Å². The summed E-state index contributed by atoms with van der Waals surface area (Å²) in [7, 11) is 1.71. The van der Waals surface area contributed by atoms with E-state index in [4.69, 9.17) is 5.73 Å². The zero-order valence-electron chi connectivity index (χ0n) is 13.4. The van der Waals surface area contributed by atoms with Gasteiger partial charge in [-0.2, -0.15) is 5.10 Å². The van der Waals surface area contributed by atoms with Crippen LogP contribution in [-0.2, 0) is 11.8 Å². The molecule has 120 valence electrons. The first-order valence-corrected chi connectivity index (χ1v) is 6.99. The van der Waals surface area contributed by atoms with Crippen LogP contribution >= 0.6 is 0 Å². The molecule has 2 amide bonds. The number of carbonyl (C=O) groups is 3. The van der Waals surface area contributed by atoms with Crippen molar-refractivity contribution >= 4 is 23.3 Å². The third-order valence-electron chi connectivity index (χ3n) is 3.79. The summed E-state index contributed by atoms with van der Waals surface area (Å²) in [6, 6.07) is 4.76. The lowest BCUT2D eigenvalue weighted by Crippen LogP contribution is -2.25. The molecule has 7 nitrogen and oxygen atoms in total. The number of hydrogen-bond acceptors (Lipinski definition) is 4. The van der Waals surface area contributed by atoms with Crippen LogP contribution in [0.3, 0.4) is 0 Å². The zero-order valence-corrected chi connectivity index (χ0v) is 13.4. The molecule has 0 bridgehead atoms. The highest BCUT2D eigenvalue weighted by atomic mass is 16.2. The van der Waals surface area contributed by atoms with Crippen molar-refractivity contribution in [1.82, 2.24) is 9.78 Å². The van der Waals surface area contributed by atoms with E-state index in [1.165, 1.54) is 0 Å². The highest BCUT2D eigenvalue weighted by molar-refractivity contribution is 6.47. The van der Waals surface area contributed by atoms with E-state index in [1.807, 2.05) is 0 Å². The van der Waals surface area contributed by atoms with Crippen molar-refractivity contribution in [3.05, 3.63) is 46.3 Å². The van der Waals surface area contributed by atoms with Crippen LogP contribution in [0.25, 0.3) is 0 Å². The van der Waals surface area contributed by atoms with Gasteiger partial charge in [0.25, 0.3) is 11.7 Å². The number of amides is 2. The number of nitrogens with zero attached hydrogens (tertiary/aromatic N) is 2. The molecule has 0 aliphatic carbocycles. The van der Waals surface area contributed by atoms with E-state index in [0.29, 0.717) is 28.2 Å². The summed E-state index contributed by atoms with van der Waals surface area (Å²) in [6.07, 6.45) is 0. The molecule has 0 radical (unpaired) electrons. The van der Waals surface area contributed by atoms with Gasteiger partial charge in [-0.05, 0) is 38.5 Å². The Kier molecular flexibility index (Phi) is 4.31. The summed E-state index contributed by atoms with van der Waals surface area (Å²) >= 11 is 0. The predicted octanol–water partition coefficient (Wildman–Crippen LogP) is 1.27. The second-order valence-electron chi connectivity index (χ2n) is 5.30. The summed E-state index contributed by atoms with van der Waals surface area (Å²) in [6.45, 7) is 5.05. The molecule has 0 saturated carbocycles. The van der Waals surface area contributed by atoms with Gasteiger partial charge in [0.1, 0.15) is 0 Å². The van der Waals surface area contributed by atoms with Crippen LogP contribution in [0.15, 0.2) is 18.2 Å². The van der Waals surface area contributed by atoms with Crippen LogP contribution in [0, 0.1) is 20.8 Å². The molecule has 0 fully saturated rings. The number of rotatable bonds is 4. The first-order valence-electron chi connectivity index (χ1n) is 6.99. The van der Waals surface area contributed by atoms with Gasteiger partial charge in [-0.15, -0.1) is 0 Å². The van der Waals surface area contributed by atoms with E-state index < -0.39 is 17.6 Å². The van der Waals surface area contributed by atoms with Gasteiger partial charge in [-0.3, -0.25) is 19.1 Å². The lowest BCUT2D eigenvalue weighted by atomic mass is 10.1. The highest BCUT2D eigenvalue weighted by Crippen LogP contribution is 2.20. The maximum absolute atomic E-state index is 12.4. The molecule has 2 aromatic rings. The number of primary amides is 1. The number of benzene rings is 1. The Morgan fingerprint density at radius 2 is 1.83 bits per heavy atom. The Bertz CT molecular complexity index is 821. The first kappa shape index (κ1) is 16.4. The molecule has 2 rings (SSSR count). The van der Waals surface area contributed by atoms with Crippen LogP contribution in [0.2, 0.25) is 0 Å². The Morgan fingerprint density at radius 1 is 1.17 bits per heavy atom. The van der Waals surface area contributed by atoms with E-state index in [2.05, 4.69) is 10.4 Å². The Hall–Kier alpha value is -2.96. The monoisotopic (exact) mass is 314 g/mol. The quantitative estimate of drug-likeness (QED) is 0.654. The number of nitrogens with one attached hydrogen (secondary N) is 1. The number of nitrogens with two attached hydrogens (primary N) is 1. The normalized spacial score (nSPS) is 10.4. The fraction of sp³-hybridized carbons (Fsp3) is 0.250. The van der Waals surface area contributed by atoms with Crippen molar-refractivity contribution in [3.8, 4) is 0 Å². The molecule has 0 saturated heterocycles. The SMILES string of the molecule is Cc1nn(C)c(C)c1C(=O)C(=O)Nc1cccc(C(N)=O)c1C. The van der Waals surface area contributed by atoms with Crippen molar-refractivity contribution < 1.29 is 14.4 Å². The largest absolute Gasteiger partial charge is 0.366 e. The molecule has 0 unspecified atom stereocenters. The van der Waals surface area contributed by atoms with Gasteiger partial charge in [0.05, 0.1) is 11.3 Å². The van der Waals surface area contributed by atoms with E-state index in [1.54, 1.807) is 50.7 Å². The van der Waals surface area contributed by atoms with Gasteiger partial charge in [0, 0.05) is 24.0 Å². The number of Topliss-reactive ketones (excluding diaryl/α,β-unsaturated/α-hetero) is 1. The minimum atomic E-state index is -0.783. The number of ketones is 1. The van der Waals surface area contributed by atoms with Gasteiger partial charge >= 0.3 is 0 Å². The van der Waals surface area contributed by atoms with Gasteiger partial charge in [-0.25, -0.2) is 0 Å². The van der Waals surface area contributed by atoms with Crippen LogP contribution in [0.5, 0.6) is 0 Å². The molecule has 0 spiro atoms. The molecule has 0 aliphatic rings. The molecule has 0 atom stereocenters. The molecule has 7 heteroatoms. The molecule has 23 heavy (non-hydrogen) atoms. The predicted molar refractivity (Wildman–Crippen MR) is 85.3 cm³/mol. The Morgan fingerprint density at radius 3 is 2.35 bits per heavy atom. The first-order chi connectivity index (χ1) is 10.7. The van der Waals surface area contributed by atoms with E-state index in [-0.39, 0.29) is 5.56 Å². The summed E-state index contributed by atoms with van der Waals surface area (Å²) < 4.78 is 1.55. The summed E-state index contributed by atoms with van der Waals surface area (Å²) in [5.74, 6) is -2.05. The van der Waals surface area contributed by atoms with Crippen molar-refractivity contribution in [2.24, 2.45) is 12.8 Å². The Labute approximate surface area is 133 Å². The van der Waals surface area contributed by atoms with Crippen molar-refractivity contribution in [2.75, 3.05) is 5.32 Å². The Balaban J connectivity index is 2.31. The van der Waals surface area contributed by atoms with Crippen LogP contribution in [-0.4, -0.2) is 27.4 Å². The molecular weight excluding hydrogens is 296 g/mol. The second-order valence-corrected chi connectivity index (χ2v) is 5.30. The van der Waals surface area contributed by atoms with Gasteiger partial charge < -0.3 is 11.1 Å². The third kappa shape index (κ3) is 2.98. The molecule has 0 aliphatic heterocycles. The topological polar surface area (TPSA) is 107 Å². The van der Waals surface area contributed by atoms with Crippen LogP contribution in [0.4, 0.5) is 5.69 Å². The van der Waals surface area contributed by atoms with Crippen molar-refractivity contribution in [3.63, 3.8) is 0 Å². The summed E-state index contributed by atoms with van der Waals surface area (Å²) in [5, 5.41) is 6.66. The number of anilines is 1. The zero-order chi connectivity index (χ0) is 17.3. The van der Waals surface area contributed by atoms with Crippen LogP contribution in [0.1, 0.15) is 37.7 Å². The molecule has 3 N–H and O–H groups in total. The van der Waals surface area contributed by atoms with E-state index in [0.717, 1.165) is 0 Å². The molecule has 1 aromatic carbocycles. The maximum Gasteiger partial charge on any atom is 0.296 e. The highest BCUT2D eigenvalue weighted by Gasteiger charge is 2.24. The van der Waals surface area contributed by atoms with Gasteiger partial charge in [0.2, 0.25) is 5.91 Å². The lowest BCUT2D eigenvalue weighted by molar-refractivity contribution is -0.112. The minimum Gasteiger partial charge on any atom is -0.366 e. The maximum atomic E-state index is 12.4. The number of carbonyl (C=O) groups excluding carboxylic acids is 3. The third-order valence-corrected chi connectivity index (χ3v) is 3.79. The number of aryl methyl sites for hydroxylation is 2. The standard InChI is InChI=1S/C16H18N4O3/c1-8-11(15(17)22)6-5-7-12(8)18-16(23)14(21)13-9(2)19-20(4)10(13)3/h5-7H,1-4H3,(H2,17,22)(H,18,23). The number of hydrogen-bond donors (Lipinski definition) is 2. The van der Waals surface area contributed by atoms with Gasteiger partial charge in [0.15, 0.2) is 0 Å². The molecular formula is C16H18N4O3. The molecule has 1 heterocycles. The summed E-state index contributed by atoms with van der Waals surface area (Å²) in [4.78, 5) is 36.0. The van der Waals surface area contributed by atoms with E-state index >= 15 is 0 Å². The average Bonchev–Trinajstić information content (AvgIpc) is 2.73. The van der Waals surface area contributed by atoms with Crippen molar-refractivity contribution in [1.29, 1.82) is 0 Å². The minimum absolute atomic E-state index is 0.286. The lowest BCUT2D eigenvalue weighted by Gasteiger charge is -2.10. The molecule has 1 aromatic heterocycles. The fourth-order valence-electron chi connectivity index (χ4n) is 2.43. The second kappa shape index (κ2) is 6.04. The number of aromatic nitrogens is 2. The van der Waals surface area contributed by atoms with Crippen molar-refractivity contribution in [2.45, 2.75) is 20.8 Å².